The molecular weight excluding hydrogens is 226 g/mol. The van der Waals surface area contributed by atoms with Crippen molar-refractivity contribution in [3.05, 3.63) is 28.8 Å². The minimum absolute atomic E-state index is 0.0930. The zero-order valence-corrected chi connectivity index (χ0v) is 11.4. The molecule has 3 nitrogen and oxygen atoms in total. The van der Waals surface area contributed by atoms with Gasteiger partial charge >= 0.3 is 0 Å². The van der Waals surface area contributed by atoms with E-state index in [1.807, 2.05) is 26.0 Å². The zero-order valence-electron chi connectivity index (χ0n) is 11.4. The summed E-state index contributed by atoms with van der Waals surface area (Å²) >= 11 is 0. The van der Waals surface area contributed by atoms with Gasteiger partial charge in [0, 0.05) is 6.54 Å². The zero-order chi connectivity index (χ0) is 13.0. The quantitative estimate of drug-likeness (QED) is 0.869. The van der Waals surface area contributed by atoms with Gasteiger partial charge in [0.2, 0.25) is 0 Å². The maximum atomic E-state index is 9.15. The molecule has 0 atom stereocenters. The second-order valence-corrected chi connectivity index (χ2v) is 5.11. The molecule has 2 rings (SSSR count). The number of ether oxygens (including phenoxy) is 1. The van der Waals surface area contributed by atoms with Crippen molar-refractivity contribution < 1.29 is 9.84 Å². The summed E-state index contributed by atoms with van der Waals surface area (Å²) < 4.78 is 5.91. The lowest BCUT2D eigenvalue weighted by Crippen LogP contribution is -2.25. The van der Waals surface area contributed by atoms with Crippen LogP contribution in [0.1, 0.15) is 29.5 Å². The lowest BCUT2D eigenvalue weighted by Gasteiger charge is -2.17. The van der Waals surface area contributed by atoms with E-state index in [9.17, 15) is 0 Å². The van der Waals surface area contributed by atoms with Crippen LogP contribution in [0.4, 0.5) is 0 Å². The molecule has 0 aliphatic carbocycles. The first-order valence-electron chi connectivity index (χ1n) is 6.77. The van der Waals surface area contributed by atoms with Crippen molar-refractivity contribution in [3.63, 3.8) is 0 Å². The molecule has 0 bridgehead atoms. The fourth-order valence-electron chi connectivity index (χ4n) is 2.64. The molecule has 1 aromatic rings. The first kappa shape index (κ1) is 13.4. The number of aliphatic hydroxyl groups is 1. The average molecular weight is 249 g/mol. The van der Waals surface area contributed by atoms with Crippen molar-refractivity contribution in [2.45, 2.75) is 33.3 Å². The van der Waals surface area contributed by atoms with E-state index in [1.54, 1.807) is 0 Å². The summed E-state index contributed by atoms with van der Waals surface area (Å²) in [5.74, 6) is 0.978. The molecule has 3 heteroatoms. The molecule has 0 radical (unpaired) electrons. The molecule has 1 fully saturated rings. The molecule has 0 unspecified atom stereocenters. The molecule has 1 N–H and O–H groups in total. The maximum Gasteiger partial charge on any atom is 0.125 e. The number of aryl methyl sites for hydroxylation is 2. The van der Waals surface area contributed by atoms with Gasteiger partial charge in [0.1, 0.15) is 12.4 Å². The van der Waals surface area contributed by atoms with E-state index in [1.165, 1.54) is 25.9 Å². The molecule has 1 aliphatic heterocycles. The summed E-state index contributed by atoms with van der Waals surface area (Å²) in [7, 11) is 0. The van der Waals surface area contributed by atoms with Gasteiger partial charge in [-0.3, -0.25) is 4.90 Å². The van der Waals surface area contributed by atoms with Gasteiger partial charge in [-0.2, -0.15) is 0 Å². The first-order chi connectivity index (χ1) is 8.70. The Bertz CT molecular complexity index is 374. The van der Waals surface area contributed by atoms with E-state index in [0.717, 1.165) is 35.6 Å². The number of benzene rings is 1. The molecule has 18 heavy (non-hydrogen) atoms. The lowest BCUT2D eigenvalue weighted by atomic mass is 10.1. The molecule has 0 saturated carbocycles. The highest BCUT2D eigenvalue weighted by Crippen LogP contribution is 2.25. The normalized spacial score (nSPS) is 16.2. The molecule has 0 spiro atoms. The fourth-order valence-corrected chi connectivity index (χ4v) is 2.64. The largest absolute Gasteiger partial charge is 0.492 e. The monoisotopic (exact) mass is 249 g/mol. The predicted molar refractivity (Wildman–Crippen MR) is 73.0 cm³/mol. The Labute approximate surface area is 109 Å². The van der Waals surface area contributed by atoms with Gasteiger partial charge in [-0.1, -0.05) is 12.1 Å². The van der Waals surface area contributed by atoms with E-state index < -0.39 is 0 Å². The van der Waals surface area contributed by atoms with Crippen molar-refractivity contribution in [1.29, 1.82) is 0 Å². The Morgan fingerprint density at radius 2 is 1.78 bits per heavy atom. The molecule has 1 heterocycles. The SMILES string of the molecule is Cc1cc(CO)cc(C)c1OCCN1CCCC1. The maximum absolute atomic E-state index is 9.15. The lowest BCUT2D eigenvalue weighted by molar-refractivity contribution is 0.235. The van der Waals surface area contributed by atoms with Gasteiger partial charge in [-0.25, -0.2) is 0 Å². The Balaban J connectivity index is 1.92. The molecule has 100 valence electrons. The number of likely N-dealkylation sites (tertiary alicyclic amines) is 1. The van der Waals surface area contributed by atoms with Gasteiger partial charge in [0.15, 0.2) is 0 Å². The van der Waals surface area contributed by atoms with E-state index in [2.05, 4.69) is 4.90 Å². The Kier molecular flexibility index (Phi) is 4.61. The standard InChI is InChI=1S/C15H23NO2/c1-12-9-14(11-17)10-13(2)15(12)18-8-7-16-5-3-4-6-16/h9-10,17H,3-8,11H2,1-2H3. The van der Waals surface area contributed by atoms with Gasteiger partial charge in [-0.15, -0.1) is 0 Å². The molecular formula is C15H23NO2. The van der Waals surface area contributed by atoms with Gasteiger partial charge in [0.05, 0.1) is 6.61 Å². The number of aliphatic hydroxyl groups excluding tert-OH is 1. The van der Waals surface area contributed by atoms with Crippen LogP contribution < -0.4 is 4.74 Å². The number of rotatable bonds is 5. The van der Waals surface area contributed by atoms with E-state index in [4.69, 9.17) is 9.84 Å². The Morgan fingerprint density at radius 1 is 1.17 bits per heavy atom. The van der Waals surface area contributed by atoms with E-state index in [0.29, 0.717) is 0 Å². The second-order valence-electron chi connectivity index (χ2n) is 5.11. The van der Waals surface area contributed by atoms with E-state index >= 15 is 0 Å². The van der Waals surface area contributed by atoms with Crippen LogP contribution in [0, 0.1) is 13.8 Å². The highest BCUT2D eigenvalue weighted by molar-refractivity contribution is 5.43. The molecule has 0 amide bonds. The van der Waals surface area contributed by atoms with Gasteiger partial charge in [0.25, 0.3) is 0 Å². The van der Waals surface area contributed by atoms with Crippen LogP contribution in [0.15, 0.2) is 12.1 Å². The van der Waals surface area contributed by atoms with Crippen LogP contribution in [0.3, 0.4) is 0 Å². The van der Waals surface area contributed by atoms with Crippen LogP contribution in [0.5, 0.6) is 5.75 Å². The highest BCUT2D eigenvalue weighted by atomic mass is 16.5. The average Bonchev–Trinajstić information content (AvgIpc) is 2.85. The fraction of sp³-hybridized carbons (Fsp3) is 0.600. The highest BCUT2D eigenvalue weighted by Gasteiger charge is 2.12. The minimum atomic E-state index is 0.0930. The predicted octanol–water partition coefficient (Wildman–Crippen LogP) is 2.27. The van der Waals surface area contributed by atoms with Gasteiger partial charge < -0.3 is 9.84 Å². The van der Waals surface area contributed by atoms with Crippen molar-refractivity contribution >= 4 is 0 Å². The molecule has 1 aliphatic rings. The first-order valence-corrected chi connectivity index (χ1v) is 6.77. The van der Waals surface area contributed by atoms with Gasteiger partial charge in [-0.05, 0) is 56.5 Å². The van der Waals surface area contributed by atoms with Crippen LogP contribution in [-0.4, -0.2) is 36.2 Å². The number of hydrogen-bond acceptors (Lipinski definition) is 3. The molecule has 1 aromatic carbocycles. The third-order valence-electron chi connectivity index (χ3n) is 3.56. The second kappa shape index (κ2) is 6.21. The summed E-state index contributed by atoms with van der Waals surface area (Å²) in [5, 5.41) is 9.15. The van der Waals surface area contributed by atoms with Crippen molar-refractivity contribution in [3.8, 4) is 5.75 Å². The summed E-state index contributed by atoms with van der Waals surface area (Å²) in [6.07, 6.45) is 2.65. The van der Waals surface area contributed by atoms with Crippen LogP contribution in [0.25, 0.3) is 0 Å². The van der Waals surface area contributed by atoms with Crippen molar-refractivity contribution in [1.82, 2.24) is 4.90 Å². The topological polar surface area (TPSA) is 32.7 Å². The number of hydrogen-bond donors (Lipinski definition) is 1. The summed E-state index contributed by atoms with van der Waals surface area (Å²) in [4.78, 5) is 2.45. The summed E-state index contributed by atoms with van der Waals surface area (Å²) in [6, 6.07) is 4.00. The minimum Gasteiger partial charge on any atom is -0.492 e. The third kappa shape index (κ3) is 3.24. The van der Waals surface area contributed by atoms with Crippen LogP contribution in [-0.2, 0) is 6.61 Å². The Morgan fingerprint density at radius 3 is 2.33 bits per heavy atom. The van der Waals surface area contributed by atoms with Crippen molar-refractivity contribution in [2.75, 3.05) is 26.2 Å². The number of nitrogens with zero attached hydrogens (tertiary/aromatic N) is 1. The van der Waals surface area contributed by atoms with Crippen molar-refractivity contribution in [2.24, 2.45) is 0 Å². The summed E-state index contributed by atoms with van der Waals surface area (Å²) in [6.45, 7) is 8.36. The smallest absolute Gasteiger partial charge is 0.125 e. The van der Waals surface area contributed by atoms with Crippen LogP contribution >= 0.6 is 0 Å². The third-order valence-corrected chi connectivity index (χ3v) is 3.56. The van der Waals surface area contributed by atoms with E-state index in [-0.39, 0.29) is 6.61 Å². The van der Waals surface area contributed by atoms with Crippen LogP contribution in [0.2, 0.25) is 0 Å². The Hall–Kier alpha value is -1.06. The molecule has 1 saturated heterocycles. The molecule has 0 aromatic heterocycles. The summed E-state index contributed by atoms with van der Waals surface area (Å²) in [5.41, 5.74) is 3.18.